The molecule has 4 aliphatic carbocycles. The van der Waals surface area contributed by atoms with Gasteiger partial charge < -0.3 is 24.8 Å². The molecule has 128 valence electrons. The Labute approximate surface area is 170 Å². The van der Waals surface area contributed by atoms with Crippen LogP contribution in [0.1, 0.15) is 65.2 Å². The van der Waals surface area contributed by atoms with Gasteiger partial charge in [-0.3, -0.25) is 0 Å². The standard InChI is InChI=1S/C21H26.2ClH.Zr/c1-21(2,19-11-15-7-3-4-8-16(15)12-19)20-13-17-9-5-6-10-18(17)14-20;;;/h11-14H,3-10H2,1-2H3;2*1H;/q;;;+2/p-2. The minimum absolute atomic E-state index is 0. The minimum Gasteiger partial charge on any atom is -1.00 e. The van der Waals surface area contributed by atoms with Crippen LogP contribution in [0.5, 0.6) is 0 Å². The number of fused-ring (bicyclic) bond motifs is 4. The Morgan fingerprint density at radius 2 is 1.17 bits per heavy atom. The van der Waals surface area contributed by atoms with Gasteiger partial charge in [0.15, 0.2) is 0 Å². The van der Waals surface area contributed by atoms with Crippen molar-refractivity contribution in [2.75, 3.05) is 0 Å². The molecule has 0 radical (unpaired) electrons. The molecule has 2 atom stereocenters. The number of halogens is 2. The zero-order chi connectivity index (χ0) is 14.9. The van der Waals surface area contributed by atoms with E-state index < -0.39 is 23.2 Å². The van der Waals surface area contributed by atoms with Gasteiger partial charge in [0, 0.05) is 0 Å². The molecule has 1 fully saturated rings. The quantitative estimate of drug-likeness (QED) is 0.509. The summed E-state index contributed by atoms with van der Waals surface area (Å²) in [6.07, 6.45) is 16.7. The summed E-state index contributed by atoms with van der Waals surface area (Å²) in [5.74, 6) is 0. The normalized spacial score (nSPS) is 31.9. The van der Waals surface area contributed by atoms with E-state index in [4.69, 9.17) is 0 Å². The van der Waals surface area contributed by atoms with Gasteiger partial charge in [-0.2, -0.15) is 0 Å². The summed E-state index contributed by atoms with van der Waals surface area (Å²) in [5.41, 5.74) is 11.4. The molecule has 0 aromatic carbocycles. The van der Waals surface area contributed by atoms with Crippen molar-refractivity contribution in [3.63, 3.8) is 0 Å². The molecule has 1 heterocycles. The van der Waals surface area contributed by atoms with Gasteiger partial charge in [0.05, 0.1) is 0 Å². The van der Waals surface area contributed by atoms with Crippen molar-refractivity contribution < 1.29 is 48.0 Å². The van der Waals surface area contributed by atoms with E-state index in [1.807, 2.05) is 22.3 Å². The van der Waals surface area contributed by atoms with Crippen LogP contribution in [0.15, 0.2) is 45.6 Å². The topological polar surface area (TPSA) is 0 Å². The Kier molecular flexibility index (Phi) is 5.49. The van der Waals surface area contributed by atoms with Crippen molar-refractivity contribution in [1.82, 2.24) is 0 Å². The SMILES string of the molecule is CC1(C)C2=CC3=C(CCCC3)[CH]2[Zr+2][CH]2C1=CC1=C2CCCC1.[Cl-].[Cl-]. The first-order valence-electron chi connectivity index (χ1n) is 9.30. The number of hydrogen-bond acceptors (Lipinski definition) is 0. The van der Waals surface area contributed by atoms with Crippen molar-refractivity contribution in [2.45, 2.75) is 72.5 Å². The van der Waals surface area contributed by atoms with Gasteiger partial charge in [-0.1, -0.05) is 0 Å². The Hall–Kier alpha value is 0.423. The molecule has 5 aliphatic rings. The Bertz CT molecular complexity index is 622. The minimum atomic E-state index is -0.419. The van der Waals surface area contributed by atoms with E-state index in [1.165, 1.54) is 51.4 Å². The largest absolute Gasteiger partial charge is 1.00 e. The Morgan fingerprint density at radius 3 is 1.62 bits per heavy atom. The average molecular weight is 441 g/mol. The van der Waals surface area contributed by atoms with Gasteiger partial charge in [-0.05, 0) is 0 Å². The summed E-state index contributed by atoms with van der Waals surface area (Å²) in [4.78, 5) is 0. The number of hydrogen-bond donors (Lipinski definition) is 0. The van der Waals surface area contributed by atoms with Crippen LogP contribution in [0.25, 0.3) is 0 Å². The van der Waals surface area contributed by atoms with E-state index in [2.05, 4.69) is 26.0 Å². The van der Waals surface area contributed by atoms with Crippen molar-refractivity contribution in [3.8, 4) is 0 Å². The van der Waals surface area contributed by atoms with Crippen molar-refractivity contribution in [3.05, 3.63) is 45.6 Å². The maximum Gasteiger partial charge on any atom is -1.00 e. The molecular formula is C21H26Cl2Zr. The zero-order valence-corrected chi connectivity index (χ0v) is 18.7. The number of allylic oxidation sites excluding steroid dienone is 8. The van der Waals surface area contributed by atoms with Crippen molar-refractivity contribution in [1.29, 1.82) is 0 Å². The molecule has 1 aliphatic heterocycles. The first-order chi connectivity index (χ1) is 10.7. The Balaban J connectivity index is 0.000000845. The van der Waals surface area contributed by atoms with Crippen LogP contribution in [0.3, 0.4) is 0 Å². The fraction of sp³-hybridized carbons (Fsp3) is 0.619. The first-order valence-corrected chi connectivity index (χ1v) is 12.1. The van der Waals surface area contributed by atoms with E-state index in [1.54, 1.807) is 11.1 Å². The average Bonchev–Trinajstić information content (AvgIpc) is 3.08. The second kappa shape index (κ2) is 6.86. The zero-order valence-electron chi connectivity index (χ0n) is 14.7. The first kappa shape index (κ1) is 19.2. The monoisotopic (exact) mass is 438 g/mol. The molecule has 0 N–H and O–H groups in total. The van der Waals surface area contributed by atoms with Crippen LogP contribution in [0.4, 0.5) is 0 Å². The molecule has 5 rings (SSSR count). The van der Waals surface area contributed by atoms with E-state index in [0.717, 1.165) is 7.25 Å². The van der Waals surface area contributed by atoms with Crippen LogP contribution in [-0.4, -0.2) is 0 Å². The van der Waals surface area contributed by atoms with Crippen LogP contribution in [-0.2, 0) is 23.2 Å². The summed E-state index contributed by atoms with van der Waals surface area (Å²) < 4.78 is 1.93. The molecule has 0 nitrogen and oxygen atoms in total. The van der Waals surface area contributed by atoms with E-state index >= 15 is 0 Å². The second-order valence-electron chi connectivity index (χ2n) is 8.37. The predicted molar refractivity (Wildman–Crippen MR) is 88.4 cm³/mol. The molecule has 0 amide bonds. The molecule has 24 heavy (non-hydrogen) atoms. The fourth-order valence-corrected chi connectivity index (χ4v) is 12.1. The summed E-state index contributed by atoms with van der Waals surface area (Å²) >= 11 is -0.419. The second-order valence-corrected chi connectivity index (χ2v) is 12.0. The summed E-state index contributed by atoms with van der Waals surface area (Å²) in [7, 11) is 0. The third kappa shape index (κ3) is 2.64. The van der Waals surface area contributed by atoms with Crippen molar-refractivity contribution in [2.24, 2.45) is 5.41 Å². The fourth-order valence-electron chi connectivity index (χ4n) is 5.61. The van der Waals surface area contributed by atoms with Gasteiger partial charge in [0.25, 0.3) is 0 Å². The molecule has 0 aromatic rings. The molecule has 0 aromatic heterocycles. The van der Waals surface area contributed by atoms with Crippen LogP contribution >= 0.6 is 0 Å². The van der Waals surface area contributed by atoms with Crippen LogP contribution in [0, 0.1) is 5.41 Å². The van der Waals surface area contributed by atoms with E-state index in [9.17, 15) is 0 Å². The summed E-state index contributed by atoms with van der Waals surface area (Å²) in [6, 6.07) is 0. The molecule has 0 bridgehead atoms. The van der Waals surface area contributed by atoms with E-state index in [-0.39, 0.29) is 24.8 Å². The molecule has 1 saturated heterocycles. The maximum absolute atomic E-state index is 2.67. The van der Waals surface area contributed by atoms with Crippen LogP contribution < -0.4 is 24.8 Å². The molecular weight excluding hydrogens is 414 g/mol. The van der Waals surface area contributed by atoms with Crippen molar-refractivity contribution >= 4 is 0 Å². The third-order valence-corrected chi connectivity index (χ3v) is 11.7. The molecule has 3 heteroatoms. The van der Waals surface area contributed by atoms with Crippen LogP contribution in [0.2, 0.25) is 7.25 Å². The maximum atomic E-state index is 2.67. The van der Waals surface area contributed by atoms with Gasteiger partial charge in [-0.15, -0.1) is 0 Å². The molecule has 0 spiro atoms. The van der Waals surface area contributed by atoms with Gasteiger partial charge in [0.2, 0.25) is 0 Å². The van der Waals surface area contributed by atoms with Gasteiger partial charge >= 0.3 is 147 Å². The van der Waals surface area contributed by atoms with Gasteiger partial charge in [0.1, 0.15) is 0 Å². The smallest absolute Gasteiger partial charge is 1.00 e. The summed E-state index contributed by atoms with van der Waals surface area (Å²) in [5, 5.41) is 0. The Morgan fingerprint density at radius 1 is 0.750 bits per heavy atom. The van der Waals surface area contributed by atoms with E-state index in [0.29, 0.717) is 5.41 Å². The molecule has 0 saturated carbocycles. The predicted octanol–water partition coefficient (Wildman–Crippen LogP) is 0.315. The third-order valence-electron chi connectivity index (χ3n) is 6.86. The summed E-state index contributed by atoms with van der Waals surface area (Å²) in [6.45, 7) is 5.08. The van der Waals surface area contributed by atoms with Gasteiger partial charge in [-0.25, -0.2) is 0 Å². The number of rotatable bonds is 0. The molecule has 2 unspecified atom stereocenters.